The number of unbranched alkanes of at least 4 members (excludes halogenated alkanes) is 1. The zero-order valence-electron chi connectivity index (χ0n) is 6.67. The lowest BCUT2D eigenvalue weighted by atomic mass is 10.2. The van der Waals surface area contributed by atoms with Gasteiger partial charge in [-0.2, -0.15) is 5.10 Å². The first-order chi connectivity index (χ1) is 5.36. The Labute approximate surface area is 65.7 Å². The van der Waals surface area contributed by atoms with Gasteiger partial charge in [-0.05, 0) is 6.42 Å². The Hall–Kier alpha value is -0.900. The van der Waals surface area contributed by atoms with E-state index in [1.165, 1.54) is 0 Å². The van der Waals surface area contributed by atoms with E-state index < -0.39 is 0 Å². The van der Waals surface area contributed by atoms with Crippen LogP contribution in [0.4, 0.5) is 0 Å². The molecule has 0 bridgehead atoms. The molecular formula is C7H13N3O. The lowest BCUT2D eigenvalue weighted by Crippen LogP contribution is -1.88. The molecule has 2 N–H and O–H groups in total. The molecule has 1 aromatic rings. The van der Waals surface area contributed by atoms with Gasteiger partial charge < -0.3 is 5.11 Å². The summed E-state index contributed by atoms with van der Waals surface area (Å²) in [5, 5.41) is 15.2. The van der Waals surface area contributed by atoms with Crippen molar-refractivity contribution >= 4 is 0 Å². The van der Waals surface area contributed by atoms with E-state index in [9.17, 15) is 0 Å². The average Bonchev–Trinajstić information content (AvgIpc) is 2.48. The molecule has 0 unspecified atom stereocenters. The van der Waals surface area contributed by atoms with Crippen molar-refractivity contribution in [2.24, 2.45) is 0 Å². The summed E-state index contributed by atoms with van der Waals surface area (Å²) in [7, 11) is 0. The van der Waals surface area contributed by atoms with Crippen LogP contribution in [0.1, 0.15) is 31.4 Å². The number of hydrogen-bond donors (Lipinski definition) is 2. The predicted octanol–water partition coefficient (Wildman–Crippen LogP) is 0.640. The number of aryl methyl sites for hydroxylation is 1. The SMILES string of the molecule is CCCCc1n[nH]c(CO)n1. The Morgan fingerprint density at radius 2 is 2.36 bits per heavy atom. The van der Waals surface area contributed by atoms with Crippen molar-refractivity contribution in [2.75, 3.05) is 0 Å². The van der Waals surface area contributed by atoms with Gasteiger partial charge in [0.25, 0.3) is 0 Å². The summed E-state index contributed by atoms with van der Waals surface area (Å²) in [6.07, 6.45) is 3.14. The molecule has 4 nitrogen and oxygen atoms in total. The first-order valence-corrected chi connectivity index (χ1v) is 3.87. The minimum Gasteiger partial charge on any atom is -0.388 e. The molecule has 1 heterocycles. The number of hydrogen-bond acceptors (Lipinski definition) is 3. The summed E-state index contributed by atoms with van der Waals surface area (Å²) in [6, 6.07) is 0. The Bertz CT molecular complexity index is 209. The number of aliphatic hydroxyl groups is 1. The Morgan fingerprint density at radius 1 is 1.55 bits per heavy atom. The first-order valence-electron chi connectivity index (χ1n) is 3.87. The summed E-state index contributed by atoms with van der Waals surface area (Å²) < 4.78 is 0. The average molecular weight is 155 g/mol. The molecule has 0 fully saturated rings. The number of H-pyrrole nitrogens is 1. The summed E-state index contributed by atoms with van der Waals surface area (Å²) in [5.41, 5.74) is 0. The number of aliphatic hydroxyl groups excluding tert-OH is 1. The third kappa shape index (κ3) is 2.31. The zero-order chi connectivity index (χ0) is 8.10. The maximum absolute atomic E-state index is 8.64. The molecule has 1 rings (SSSR count). The van der Waals surface area contributed by atoms with Crippen LogP contribution in [-0.2, 0) is 13.0 Å². The maximum atomic E-state index is 8.64. The second-order valence-corrected chi connectivity index (χ2v) is 2.46. The number of nitrogens with one attached hydrogen (secondary N) is 1. The van der Waals surface area contributed by atoms with Crippen LogP contribution in [0.15, 0.2) is 0 Å². The molecule has 62 valence electrons. The number of nitrogens with zero attached hydrogens (tertiary/aromatic N) is 2. The van der Waals surface area contributed by atoms with E-state index in [0.29, 0.717) is 5.82 Å². The molecule has 0 aliphatic heterocycles. The van der Waals surface area contributed by atoms with Gasteiger partial charge in [-0.15, -0.1) is 0 Å². The lowest BCUT2D eigenvalue weighted by Gasteiger charge is -1.88. The Morgan fingerprint density at radius 3 is 2.91 bits per heavy atom. The lowest BCUT2D eigenvalue weighted by molar-refractivity contribution is 0.271. The Balaban J connectivity index is 2.44. The largest absolute Gasteiger partial charge is 0.388 e. The summed E-state index contributed by atoms with van der Waals surface area (Å²) in [4.78, 5) is 4.05. The smallest absolute Gasteiger partial charge is 0.150 e. The van der Waals surface area contributed by atoms with Crippen molar-refractivity contribution in [3.63, 3.8) is 0 Å². The highest BCUT2D eigenvalue weighted by molar-refractivity contribution is 4.88. The van der Waals surface area contributed by atoms with Crippen molar-refractivity contribution in [1.29, 1.82) is 0 Å². The van der Waals surface area contributed by atoms with E-state index in [2.05, 4.69) is 22.1 Å². The molecule has 1 aromatic heterocycles. The van der Waals surface area contributed by atoms with E-state index >= 15 is 0 Å². The van der Waals surface area contributed by atoms with Crippen molar-refractivity contribution in [1.82, 2.24) is 15.2 Å². The van der Waals surface area contributed by atoms with Gasteiger partial charge in [0, 0.05) is 6.42 Å². The van der Waals surface area contributed by atoms with E-state index in [0.717, 1.165) is 25.1 Å². The molecule has 4 heteroatoms. The van der Waals surface area contributed by atoms with Crippen LogP contribution in [0, 0.1) is 0 Å². The molecule has 11 heavy (non-hydrogen) atoms. The fourth-order valence-electron chi connectivity index (χ4n) is 0.852. The van der Waals surface area contributed by atoms with Crippen LogP contribution in [0.25, 0.3) is 0 Å². The second-order valence-electron chi connectivity index (χ2n) is 2.46. The van der Waals surface area contributed by atoms with Gasteiger partial charge in [-0.3, -0.25) is 5.10 Å². The molecule has 0 amide bonds. The van der Waals surface area contributed by atoms with Crippen molar-refractivity contribution in [3.05, 3.63) is 11.6 Å². The predicted molar refractivity (Wildman–Crippen MR) is 40.9 cm³/mol. The highest BCUT2D eigenvalue weighted by Gasteiger charge is 1.99. The van der Waals surface area contributed by atoms with Crippen molar-refractivity contribution in [3.8, 4) is 0 Å². The van der Waals surface area contributed by atoms with Crippen molar-refractivity contribution in [2.45, 2.75) is 32.8 Å². The molecule has 0 saturated heterocycles. The fourth-order valence-corrected chi connectivity index (χ4v) is 0.852. The molecule has 0 aliphatic carbocycles. The van der Waals surface area contributed by atoms with Crippen molar-refractivity contribution < 1.29 is 5.11 Å². The number of aromatic amines is 1. The van der Waals surface area contributed by atoms with Gasteiger partial charge in [0.2, 0.25) is 0 Å². The quantitative estimate of drug-likeness (QED) is 0.670. The second kappa shape index (κ2) is 4.08. The summed E-state index contributed by atoms with van der Waals surface area (Å²) >= 11 is 0. The van der Waals surface area contributed by atoms with E-state index in [-0.39, 0.29) is 6.61 Å². The molecule has 0 aliphatic rings. The topological polar surface area (TPSA) is 61.8 Å². The maximum Gasteiger partial charge on any atom is 0.150 e. The van der Waals surface area contributed by atoms with Gasteiger partial charge in [0.1, 0.15) is 12.4 Å². The zero-order valence-corrected chi connectivity index (χ0v) is 6.67. The number of aromatic nitrogens is 3. The summed E-state index contributed by atoms with van der Waals surface area (Å²) in [6.45, 7) is 2.07. The minimum absolute atomic E-state index is 0.0564. The molecule has 0 atom stereocenters. The van der Waals surface area contributed by atoms with Gasteiger partial charge in [0.15, 0.2) is 5.82 Å². The van der Waals surface area contributed by atoms with Crippen LogP contribution in [0.5, 0.6) is 0 Å². The monoisotopic (exact) mass is 155 g/mol. The first kappa shape index (κ1) is 8.20. The van der Waals surface area contributed by atoms with Gasteiger partial charge >= 0.3 is 0 Å². The Kier molecular flexibility index (Phi) is 3.04. The van der Waals surface area contributed by atoms with E-state index in [1.807, 2.05) is 0 Å². The van der Waals surface area contributed by atoms with Crippen LogP contribution in [0.3, 0.4) is 0 Å². The normalized spacial score (nSPS) is 10.4. The van der Waals surface area contributed by atoms with E-state index in [4.69, 9.17) is 5.11 Å². The van der Waals surface area contributed by atoms with E-state index in [1.54, 1.807) is 0 Å². The highest BCUT2D eigenvalue weighted by atomic mass is 16.3. The highest BCUT2D eigenvalue weighted by Crippen LogP contribution is 1.98. The minimum atomic E-state index is -0.0564. The molecule has 0 aromatic carbocycles. The molecule has 0 radical (unpaired) electrons. The molecule has 0 saturated carbocycles. The molecule has 0 spiro atoms. The van der Waals surface area contributed by atoms with Crippen LogP contribution >= 0.6 is 0 Å². The van der Waals surface area contributed by atoms with Gasteiger partial charge in [-0.25, -0.2) is 4.98 Å². The van der Waals surface area contributed by atoms with Crippen LogP contribution < -0.4 is 0 Å². The van der Waals surface area contributed by atoms with Gasteiger partial charge in [0.05, 0.1) is 0 Å². The third-order valence-corrected chi connectivity index (χ3v) is 1.48. The third-order valence-electron chi connectivity index (χ3n) is 1.48. The van der Waals surface area contributed by atoms with Crippen LogP contribution in [-0.4, -0.2) is 20.3 Å². The molecular weight excluding hydrogens is 142 g/mol. The summed E-state index contributed by atoms with van der Waals surface area (Å²) in [5.74, 6) is 1.35. The fraction of sp³-hybridized carbons (Fsp3) is 0.714. The van der Waals surface area contributed by atoms with Crippen LogP contribution in [0.2, 0.25) is 0 Å². The number of rotatable bonds is 4. The standard InChI is InChI=1S/C7H13N3O/c1-2-3-4-6-8-7(5-11)10-9-6/h11H,2-5H2,1H3,(H,8,9,10). The van der Waals surface area contributed by atoms with Gasteiger partial charge in [-0.1, -0.05) is 13.3 Å².